The molecule has 1 N–H and O–H groups in total. The molecule has 2 aromatic rings. The molecule has 0 bridgehead atoms. The first-order valence-corrected chi connectivity index (χ1v) is 10.6. The molecule has 0 unspecified atom stereocenters. The third-order valence-corrected chi connectivity index (χ3v) is 6.10. The normalized spacial score (nSPS) is 16.3. The van der Waals surface area contributed by atoms with Gasteiger partial charge in [0.2, 0.25) is 12.7 Å². The molecule has 1 saturated heterocycles. The first-order valence-electron chi connectivity index (χ1n) is 10.6. The quantitative estimate of drug-likeness (QED) is 0.795. The number of hydrogen-bond donors (Lipinski definition) is 1. The number of halogens is 1. The highest BCUT2D eigenvalue weighted by atomic mass is 19.1. The monoisotopic (exact) mass is 426 g/mol. The largest absolute Gasteiger partial charge is 0.454 e. The van der Waals surface area contributed by atoms with Crippen LogP contribution >= 0.6 is 0 Å². The fourth-order valence-electron chi connectivity index (χ4n) is 3.99. The predicted molar refractivity (Wildman–Crippen MR) is 114 cm³/mol. The molecular formula is C24H27FN2O4. The fraction of sp³-hybridized carbons (Fsp3) is 0.417. The van der Waals surface area contributed by atoms with Crippen LogP contribution < -0.4 is 14.8 Å². The van der Waals surface area contributed by atoms with Crippen LogP contribution in [-0.4, -0.2) is 43.1 Å². The Morgan fingerprint density at radius 3 is 2.45 bits per heavy atom. The number of carbonyl (C=O) groups excluding carboxylic acids is 2. The Morgan fingerprint density at radius 1 is 1.06 bits per heavy atom. The lowest BCUT2D eigenvalue weighted by atomic mass is 9.84. The number of hydrogen-bond acceptors (Lipinski definition) is 4. The second kappa shape index (κ2) is 8.57. The predicted octanol–water partition coefficient (Wildman–Crippen LogP) is 3.50. The number of benzene rings is 2. The second-order valence-corrected chi connectivity index (χ2v) is 8.74. The van der Waals surface area contributed by atoms with E-state index in [1.165, 1.54) is 24.3 Å². The van der Waals surface area contributed by atoms with Gasteiger partial charge in [0, 0.05) is 36.5 Å². The molecule has 164 valence electrons. The van der Waals surface area contributed by atoms with Gasteiger partial charge in [0.05, 0.1) is 0 Å². The molecule has 2 amide bonds. The average molecular weight is 426 g/mol. The van der Waals surface area contributed by atoms with Gasteiger partial charge in [-0.15, -0.1) is 0 Å². The van der Waals surface area contributed by atoms with Gasteiger partial charge >= 0.3 is 0 Å². The molecule has 0 atom stereocenters. The van der Waals surface area contributed by atoms with E-state index >= 15 is 0 Å². The van der Waals surface area contributed by atoms with Crippen LogP contribution in [0.5, 0.6) is 11.5 Å². The van der Waals surface area contributed by atoms with Crippen molar-refractivity contribution in [1.29, 1.82) is 0 Å². The van der Waals surface area contributed by atoms with E-state index in [0.717, 1.165) is 17.1 Å². The molecule has 0 aliphatic carbocycles. The lowest BCUT2D eigenvalue weighted by Crippen LogP contribution is -2.45. The number of nitrogens with one attached hydrogen (secondary N) is 1. The molecule has 0 spiro atoms. The number of rotatable bonds is 5. The van der Waals surface area contributed by atoms with Crippen molar-refractivity contribution in [1.82, 2.24) is 10.2 Å². The van der Waals surface area contributed by atoms with E-state index in [0.29, 0.717) is 38.0 Å². The Bertz CT molecular complexity index is 966. The van der Waals surface area contributed by atoms with Gasteiger partial charge in [0.1, 0.15) is 5.82 Å². The van der Waals surface area contributed by atoms with Gasteiger partial charge in [0.25, 0.3) is 5.91 Å². The number of carbonyl (C=O) groups is 2. The van der Waals surface area contributed by atoms with Crippen molar-refractivity contribution >= 4 is 11.8 Å². The van der Waals surface area contributed by atoms with Crippen molar-refractivity contribution in [2.45, 2.75) is 32.1 Å². The molecule has 2 heterocycles. The van der Waals surface area contributed by atoms with Crippen LogP contribution in [0.15, 0.2) is 42.5 Å². The van der Waals surface area contributed by atoms with Crippen LogP contribution in [0, 0.1) is 11.7 Å². The molecule has 1 fully saturated rings. The maximum atomic E-state index is 13.1. The van der Waals surface area contributed by atoms with E-state index in [9.17, 15) is 14.0 Å². The highest BCUT2D eigenvalue weighted by Crippen LogP contribution is 2.36. The molecule has 7 heteroatoms. The number of nitrogens with zero attached hydrogens (tertiary/aromatic N) is 1. The number of piperidine rings is 1. The summed E-state index contributed by atoms with van der Waals surface area (Å²) in [6.07, 6.45) is 1.23. The topological polar surface area (TPSA) is 67.9 Å². The van der Waals surface area contributed by atoms with Gasteiger partial charge in [-0.1, -0.05) is 19.9 Å². The third kappa shape index (κ3) is 4.65. The Hall–Kier alpha value is -3.09. The van der Waals surface area contributed by atoms with Crippen molar-refractivity contribution in [3.63, 3.8) is 0 Å². The summed E-state index contributed by atoms with van der Waals surface area (Å²) in [5, 5.41) is 3.08. The van der Waals surface area contributed by atoms with Crippen LogP contribution in [0.2, 0.25) is 0 Å². The molecule has 0 radical (unpaired) electrons. The van der Waals surface area contributed by atoms with Gasteiger partial charge in [-0.05, 0) is 54.8 Å². The van der Waals surface area contributed by atoms with Crippen LogP contribution in [0.25, 0.3) is 0 Å². The number of likely N-dealkylation sites (tertiary alicyclic amines) is 1. The van der Waals surface area contributed by atoms with E-state index in [1.807, 2.05) is 18.2 Å². The molecule has 31 heavy (non-hydrogen) atoms. The van der Waals surface area contributed by atoms with Crippen molar-refractivity contribution < 1.29 is 23.5 Å². The summed E-state index contributed by atoms with van der Waals surface area (Å²) in [6.45, 7) is 5.92. The molecular weight excluding hydrogens is 399 g/mol. The Morgan fingerprint density at radius 2 is 1.74 bits per heavy atom. The van der Waals surface area contributed by atoms with E-state index < -0.39 is 0 Å². The molecule has 4 rings (SSSR count). The van der Waals surface area contributed by atoms with E-state index in [1.54, 1.807) is 4.90 Å². The van der Waals surface area contributed by atoms with E-state index in [2.05, 4.69) is 19.2 Å². The van der Waals surface area contributed by atoms with Crippen molar-refractivity contribution in [3.05, 3.63) is 59.4 Å². The molecule has 2 aromatic carbocycles. The SMILES string of the molecule is CC(C)(CNC(=O)C1CCN(C(=O)c2ccc(F)cc2)CC1)c1ccc2c(c1)OCO2. The standard InChI is InChI=1S/C24H27FN2O4/c1-24(2,18-5-8-20-21(13-18)31-15-30-20)14-26-22(28)16-9-11-27(12-10-16)23(29)17-3-6-19(25)7-4-17/h3-8,13,16H,9-12,14-15H2,1-2H3,(H,26,28). The fourth-order valence-corrected chi connectivity index (χ4v) is 3.99. The van der Waals surface area contributed by atoms with Crippen molar-refractivity contribution in [2.75, 3.05) is 26.4 Å². The Kier molecular flexibility index (Phi) is 5.85. The van der Waals surface area contributed by atoms with Crippen molar-refractivity contribution in [2.24, 2.45) is 5.92 Å². The Balaban J connectivity index is 1.29. The molecule has 2 aliphatic heterocycles. The average Bonchev–Trinajstić information content (AvgIpc) is 3.26. The third-order valence-electron chi connectivity index (χ3n) is 6.10. The van der Waals surface area contributed by atoms with Crippen LogP contribution in [0.1, 0.15) is 42.6 Å². The molecule has 2 aliphatic rings. The van der Waals surface area contributed by atoms with Gasteiger partial charge in [-0.3, -0.25) is 9.59 Å². The first kappa shape index (κ1) is 21.2. The highest BCUT2D eigenvalue weighted by molar-refractivity contribution is 5.94. The zero-order valence-electron chi connectivity index (χ0n) is 17.8. The highest BCUT2D eigenvalue weighted by Gasteiger charge is 2.30. The van der Waals surface area contributed by atoms with Gasteiger partial charge in [-0.25, -0.2) is 4.39 Å². The van der Waals surface area contributed by atoms with E-state index in [4.69, 9.17) is 9.47 Å². The minimum Gasteiger partial charge on any atom is -0.454 e. The maximum Gasteiger partial charge on any atom is 0.253 e. The lowest BCUT2D eigenvalue weighted by Gasteiger charge is -2.32. The zero-order chi connectivity index (χ0) is 22.0. The summed E-state index contributed by atoms with van der Waals surface area (Å²) < 4.78 is 23.9. The van der Waals surface area contributed by atoms with E-state index in [-0.39, 0.29) is 35.8 Å². The summed E-state index contributed by atoms with van der Waals surface area (Å²) in [6, 6.07) is 11.4. The summed E-state index contributed by atoms with van der Waals surface area (Å²) in [5.41, 5.74) is 1.27. The second-order valence-electron chi connectivity index (χ2n) is 8.74. The summed E-state index contributed by atoms with van der Waals surface area (Å²) >= 11 is 0. The summed E-state index contributed by atoms with van der Waals surface area (Å²) in [7, 11) is 0. The van der Waals surface area contributed by atoms with Crippen LogP contribution in [0.3, 0.4) is 0 Å². The lowest BCUT2D eigenvalue weighted by molar-refractivity contribution is -0.126. The smallest absolute Gasteiger partial charge is 0.253 e. The molecule has 6 nitrogen and oxygen atoms in total. The van der Waals surface area contributed by atoms with Gasteiger partial charge in [-0.2, -0.15) is 0 Å². The van der Waals surface area contributed by atoms with Gasteiger partial charge in [0.15, 0.2) is 11.5 Å². The molecule has 0 aromatic heterocycles. The number of ether oxygens (including phenoxy) is 2. The minimum absolute atomic E-state index is 0.0164. The first-order chi connectivity index (χ1) is 14.8. The molecule has 0 saturated carbocycles. The number of amides is 2. The van der Waals surface area contributed by atoms with Crippen LogP contribution in [0.4, 0.5) is 4.39 Å². The zero-order valence-corrected chi connectivity index (χ0v) is 17.8. The van der Waals surface area contributed by atoms with Gasteiger partial charge < -0.3 is 19.7 Å². The number of fused-ring (bicyclic) bond motifs is 1. The van der Waals surface area contributed by atoms with Crippen molar-refractivity contribution in [3.8, 4) is 11.5 Å². The maximum absolute atomic E-state index is 13.1. The Labute approximate surface area is 181 Å². The van der Waals surface area contributed by atoms with Crippen LogP contribution in [-0.2, 0) is 10.2 Å². The summed E-state index contributed by atoms with van der Waals surface area (Å²) in [5.74, 6) is 0.881. The minimum atomic E-state index is -0.365. The summed E-state index contributed by atoms with van der Waals surface area (Å²) in [4.78, 5) is 27.0.